The van der Waals surface area contributed by atoms with Crippen LogP contribution >= 0.6 is 0 Å². The molecule has 1 fully saturated rings. The summed E-state index contributed by atoms with van der Waals surface area (Å²) in [5, 5.41) is 11.3. The van der Waals surface area contributed by atoms with Crippen LogP contribution in [0, 0.1) is 0 Å². The summed E-state index contributed by atoms with van der Waals surface area (Å²) in [4.78, 5) is 18.9. The molecular formula is C14H18N6O3. The molecule has 2 aromatic heterocycles. The molecule has 0 saturated carbocycles. The number of hydrogen-bond acceptors (Lipinski definition) is 7. The van der Waals surface area contributed by atoms with Crippen LogP contribution in [0.4, 0.5) is 5.69 Å². The van der Waals surface area contributed by atoms with Gasteiger partial charge in [0.2, 0.25) is 5.88 Å². The molecule has 0 N–H and O–H groups in total. The van der Waals surface area contributed by atoms with Crippen molar-refractivity contribution in [2.75, 3.05) is 32.3 Å². The minimum absolute atomic E-state index is 0.0972. The third-order valence-electron chi connectivity index (χ3n) is 4.13. The fourth-order valence-electron chi connectivity index (χ4n) is 2.73. The Kier molecular flexibility index (Phi) is 4.20. The first-order chi connectivity index (χ1) is 11.2. The zero-order chi connectivity index (χ0) is 16.3. The number of methoxy groups -OCH3 is 1. The Morgan fingerprint density at radius 3 is 2.74 bits per heavy atom. The van der Waals surface area contributed by atoms with Crippen LogP contribution in [-0.2, 0) is 15.1 Å². The third kappa shape index (κ3) is 2.74. The van der Waals surface area contributed by atoms with Crippen molar-refractivity contribution in [2.24, 2.45) is 0 Å². The van der Waals surface area contributed by atoms with Crippen molar-refractivity contribution in [3.8, 4) is 5.88 Å². The second kappa shape index (κ2) is 6.29. The van der Waals surface area contributed by atoms with Crippen LogP contribution in [0.3, 0.4) is 0 Å². The minimum Gasteiger partial charge on any atom is -0.481 e. The highest BCUT2D eigenvalue weighted by atomic mass is 16.5. The maximum absolute atomic E-state index is 13.2. The molecule has 0 aromatic carbocycles. The largest absolute Gasteiger partial charge is 0.481 e. The summed E-state index contributed by atoms with van der Waals surface area (Å²) < 4.78 is 12.0. The molecule has 0 aliphatic carbocycles. The number of nitrogens with zero attached hydrogens (tertiary/aromatic N) is 6. The van der Waals surface area contributed by atoms with Crippen molar-refractivity contribution in [3.63, 3.8) is 0 Å². The molecule has 0 atom stereocenters. The fourth-order valence-corrected chi connectivity index (χ4v) is 2.73. The van der Waals surface area contributed by atoms with Gasteiger partial charge in [0.15, 0.2) is 0 Å². The molecular weight excluding hydrogens is 300 g/mol. The molecule has 1 aliphatic heterocycles. The fraction of sp³-hybridized carbons (Fsp3) is 0.500. The van der Waals surface area contributed by atoms with Gasteiger partial charge in [0, 0.05) is 39.2 Å². The van der Waals surface area contributed by atoms with Crippen LogP contribution in [0.15, 0.2) is 24.7 Å². The molecule has 3 heterocycles. The van der Waals surface area contributed by atoms with Crippen LogP contribution in [0.25, 0.3) is 0 Å². The van der Waals surface area contributed by atoms with E-state index in [4.69, 9.17) is 9.47 Å². The molecule has 9 nitrogen and oxygen atoms in total. The van der Waals surface area contributed by atoms with Crippen molar-refractivity contribution >= 4 is 11.6 Å². The average Bonchev–Trinajstić information content (AvgIpc) is 3.16. The first-order valence-corrected chi connectivity index (χ1v) is 7.27. The van der Waals surface area contributed by atoms with Crippen LogP contribution in [0.5, 0.6) is 5.88 Å². The summed E-state index contributed by atoms with van der Waals surface area (Å²) in [5.74, 6) is 0.399. The Morgan fingerprint density at radius 2 is 2.17 bits per heavy atom. The number of likely N-dealkylation sites (N-methyl/N-ethyl adjacent to an activating group) is 1. The predicted octanol–water partition coefficient (Wildman–Crippen LogP) is 0.245. The average molecular weight is 318 g/mol. The Morgan fingerprint density at radius 1 is 1.39 bits per heavy atom. The Balaban J connectivity index is 1.91. The van der Waals surface area contributed by atoms with Gasteiger partial charge in [0.25, 0.3) is 5.91 Å². The summed E-state index contributed by atoms with van der Waals surface area (Å²) in [7, 11) is 3.26. The van der Waals surface area contributed by atoms with Gasteiger partial charge in [0.05, 0.1) is 19.0 Å². The quantitative estimate of drug-likeness (QED) is 0.797. The number of anilines is 1. The minimum atomic E-state index is -0.837. The topological polar surface area (TPSA) is 95.3 Å². The Labute approximate surface area is 133 Å². The smallest absolute Gasteiger partial charge is 0.255 e. The molecule has 9 heteroatoms. The molecule has 23 heavy (non-hydrogen) atoms. The van der Waals surface area contributed by atoms with E-state index < -0.39 is 5.54 Å². The summed E-state index contributed by atoms with van der Waals surface area (Å²) in [6.07, 6.45) is 4.11. The van der Waals surface area contributed by atoms with Gasteiger partial charge in [0.1, 0.15) is 11.9 Å². The van der Waals surface area contributed by atoms with Crippen molar-refractivity contribution in [1.82, 2.24) is 25.2 Å². The van der Waals surface area contributed by atoms with Crippen molar-refractivity contribution in [3.05, 3.63) is 24.7 Å². The maximum atomic E-state index is 13.2. The van der Waals surface area contributed by atoms with Crippen LogP contribution < -0.4 is 9.64 Å². The lowest BCUT2D eigenvalue weighted by molar-refractivity contribution is -0.132. The van der Waals surface area contributed by atoms with E-state index in [-0.39, 0.29) is 5.91 Å². The van der Waals surface area contributed by atoms with E-state index >= 15 is 0 Å². The Bertz CT molecular complexity index is 652. The lowest BCUT2D eigenvalue weighted by Gasteiger charge is -2.37. The summed E-state index contributed by atoms with van der Waals surface area (Å²) in [6.45, 7) is 0.973. The molecule has 0 radical (unpaired) electrons. The van der Waals surface area contributed by atoms with Gasteiger partial charge >= 0.3 is 0 Å². The maximum Gasteiger partial charge on any atom is 0.255 e. The van der Waals surface area contributed by atoms with Crippen molar-refractivity contribution in [2.45, 2.75) is 18.4 Å². The van der Waals surface area contributed by atoms with E-state index in [1.807, 2.05) is 0 Å². The highest BCUT2D eigenvalue weighted by molar-refractivity contribution is 5.98. The van der Waals surface area contributed by atoms with Crippen LogP contribution in [0.1, 0.15) is 12.8 Å². The van der Waals surface area contributed by atoms with Crippen molar-refractivity contribution in [1.29, 1.82) is 0 Å². The number of hydrogen-bond donors (Lipinski definition) is 0. The molecule has 3 rings (SSSR count). The summed E-state index contributed by atoms with van der Waals surface area (Å²) in [5.41, 5.74) is -0.161. The lowest BCUT2D eigenvalue weighted by atomic mass is 9.88. The van der Waals surface area contributed by atoms with Gasteiger partial charge in [-0.3, -0.25) is 4.79 Å². The molecule has 0 bridgehead atoms. The number of pyridine rings is 1. The standard InChI is InChI=1S/C14H18N6O3/c1-19(11-3-4-12(22-2)15-9-11)13(21)14(5-7-23-8-6-14)20-10-16-17-18-20/h3-4,9-10H,5-8H2,1-2H3. The molecule has 1 saturated heterocycles. The number of carbonyl (C=O) groups excluding carboxylic acids is 1. The number of ether oxygens (including phenoxy) is 2. The molecule has 1 aliphatic rings. The molecule has 0 unspecified atom stereocenters. The number of carbonyl (C=O) groups is 1. The van der Waals surface area contributed by atoms with Gasteiger partial charge in [-0.1, -0.05) is 0 Å². The van der Waals surface area contributed by atoms with Crippen LogP contribution in [0.2, 0.25) is 0 Å². The SMILES string of the molecule is COc1ccc(N(C)C(=O)C2(n3cnnn3)CCOCC2)cn1. The van der Waals surface area contributed by atoms with E-state index in [0.29, 0.717) is 37.6 Å². The van der Waals surface area contributed by atoms with Gasteiger partial charge in [-0.25, -0.2) is 9.67 Å². The second-order valence-corrected chi connectivity index (χ2v) is 5.32. The second-order valence-electron chi connectivity index (χ2n) is 5.32. The van der Waals surface area contributed by atoms with E-state index in [2.05, 4.69) is 20.5 Å². The monoisotopic (exact) mass is 318 g/mol. The third-order valence-corrected chi connectivity index (χ3v) is 4.13. The van der Waals surface area contributed by atoms with Gasteiger partial charge < -0.3 is 14.4 Å². The van der Waals surface area contributed by atoms with E-state index in [0.717, 1.165) is 0 Å². The first-order valence-electron chi connectivity index (χ1n) is 7.27. The van der Waals surface area contributed by atoms with E-state index in [1.165, 1.54) is 11.0 Å². The van der Waals surface area contributed by atoms with Gasteiger partial charge in [-0.05, 0) is 16.5 Å². The first kappa shape index (κ1) is 15.3. The Hall–Kier alpha value is -2.55. The van der Waals surface area contributed by atoms with E-state index in [1.54, 1.807) is 37.4 Å². The molecule has 122 valence electrons. The van der Waals surface area contributed by atoms with Gasteiger partial charge in [-0.2, -0.15) is 0 Å². The number of rotatable bonds is 4. The highest BCUT2D eigenvalue weighted by Gasteiger charge is 2.45. The molecule has 0 spiro atoms. The summed E-state index contributed by atoms with van der Waals surface area (Å²) >= 11 is 0. The highest BCUT2D eigenvalue weighted by Crippen LogP contribution is 2.31. The van der Waals surface area contributed by atoms with Gasteiger partial charge in [-0.15, -0.1) is 5.10 Å². The zero-order valence-corrected chi connectivity index (χ0v) is 13.0. The van der Waals surface area contributed by atoms with Crippen LogP contribution in [-0.4, -0.2) is 58.5 Å². The molecule has 1 amide bonds. The van der Waals surface area contributed by atoms with Crippen molar-refractivity contribution < 1.29 is 14.3 Å². The normalized spacial score (nSPS) is 16.8. The number of aromatic nitrogens is 5. The number of tetrazole rings is 1. The summed E-state index contributed by atoms with van der Waals surface area (Å²) in [6, 6.07) is 3.50. The predicted molar refractivity (Wildman–Crippen MR) is 80.0 cm³/mol. The zero-order valence-electron chi connectivity index (χ0n) is 13.0. The molecule has 2 aromatic rings. The lowest BCUT2D eigenvalue weighted by Crippen LogP contribution is -2.53. The number of amides is 1. The van der Waals surface area contributed by atoms with E-state index in [9.17, 15) is 4.79 Å².